The third kappa shape index (κ3) is 4.45. The average molecular weight is 198 g/mol. The summed E-state index contributed by atoms with van der Waals surface area (Å²) in [5.74, 6) is 0. The summed E-state index contributed by atoms with van der Waals surface area (Å²) in [5, 5.41) is 10.2. The molecule has 0 saturated heterocycles. The number of aliphatic hydroxyl groups is 1. The van der Waals surface area contributed by atoms with E-state index in [0.29, 0.717) is 0 Å². The van der Waals surface area contributed by atoms with Crippen molar-refractivity contribution in [2.45, 2.75) is 83.2 Å². The van der Waals surface area contributed by atoms with Gasteiger partial charge in [0.25, 0.3) is 0 Å². The first-order chi connectivity index (χ1) is 6.77. The van der Waals surface area contributed by atoms with Crippen molar-refractivity contribution in [2.75, 3.05) is 0 Å². The summed E-state index contributed by atoms with van der Waals surface area (Å²) in [4.78, 5) is 0. The van der Waals surface area contributed by atoms with Gasteiger partial charge in [-0.3, -0.25) is 0 Å². The molecule has 1 aliphatic carbocycles. The highest BCUT2D eigenvalue weighted by atomic mass is 16.3. The second kappa shape index (κ2) is 6.44. The highest BCUT2D eigenvalue weighted by molar-refractivity contribution is 4.81. The van der Waals surface area contributed by atoms with Crippen molar-refractivity contribution in [2.24, 2.45) is 0 Å². The summed E-state index contributed by atoms with van der Waals surface area (Å²) < 4.78 is 0. The summed E-state index contributed by atoms with van der Waals surface area (Å²) in [6.07, 6.45) is 13.6. The fourth-order valence-electron chi connectivity index (χ4n) is 2.52. The quantitative estimate of drug-likeness (QED) is 0.639. The Morgan fingerprint density at radius 1 is 0.929 bits per heavy atom. The van der Waals surface area contributed by atoms with Crippen molar-refractivity contribution in [1.29, 1.82) is 0 Å². The van der Waals surface area contributed by atoms with Gasteiger partial charge in [-0.1, -0.05) is 58.3 Å². The second-order valence-electron chi connectivity index (χ2n) is 4.95. The number of hydrogen-bond acceptors (Lipinski definition) is 1. The predicted octanol–water partition coefficient (Wildman–Crippen LogP) is 4.04. The molecule has 0 heterocycles. The van der Waals surface area contributed by atoms with Gasteiger partial charge in [-0.15, -0.1) is 0 Å². The minimum atomic E-state index is -0.273. The fraction of sp³-hybridized carbons (Fsp3) is 1.00. The van der Waals surface area contributed by atoms with Crippen LogP contribution in [0.3, 0.4) is 0 Å². The molecule has 1 heteroatoms. The normalized spacial score (nSPS) is 21.0. The van der Waals surface area contributed by atoms with E-state index in [4.69, 9.17) is 0 Å². The Bertz CT molecular complexity index is 136. The lowest BCUT2D eigenvalue weighted by Gasteiger charge is -2.32. The number of rotatable bonds is 6. The molecule has 0 unspecified atom stereocenters. The lowest BCUT2D eigenvalue weighted by atomic mass is 9.81. The molecular weight excluding hydrogens is 172 g/mol. The zero-order valence-corrected chi connectivity index (χ0v) is 9.73. The summed E-state index contributed by atoms with van der Waals surface area (Å²) in [5.41, 5.74) is -0.273. The highest BCUT2D eigenvalue weighted by Crippen LogP contribution is 2.32. The largest absolute Gasteiger partial charge is 0.390 e. The number of unbranched alkanes of at least 4 members (excludes halogenated alkanes) is 4. The van der Waals surface area contributed by atoms with E-state index in [2.05, 4.69) is 6.92 Å². The molecule has 0 spiro atoms. The lowest BCUT2D eigenvalue weighted by Crippen LogP contribution is -2.30. The molecule has 0 bridgehead atoms. The average Bonchev–Trinajstić information content (AvgIpc) is 2.18. The molecule has 84 valence electrons. The molecule has 0 aromatic heterocycles. The van der Waals surface area contributed by atoms with Crippen molar-refractivity contribution in [3.63, 3.8) is 0 Å². The molecule has 0 aromatic rings. The van der Waals surface area contributed by atoms with E-state index < -0.39 is 0 Å². The van der Waals surface area contributed by atoms with E-state index in [1.165, 1.54) is 51.4 Å². The van der Waals surface area contributed by atoms with Crippen LogP contribution in [0.2, 0.25) is 0 Å². The Morgan fingerprint density at radius 2 is 1.57 bits per heavy atom. The molecular formula is C13H26O. The SMILES string of the molecule is CCCCCCCC1(O)CCCCC1. The Labute approximate surface area is 88.9 Å². The maximum absolute atomic E-state index is 10.2. The van der Waals surface area contributed by atoms with Gasteiger partial charge < -0.3 is 5.11 Å². The topological polar surface area (TPSA) is 20.2 Å². The first kappa shape index (κ1) is 12.0. The van der Waals surface area contributed by atoms with Crippen molar-refractivity contribution < 1.29 is 5.11 Å². The van der Waals surface area contributed by atoms with E-state index in [-0.39, 0.29) is 5.60 Å². The molecule has 0 amide bonds. The van der Waals surface area contributed by atoms with Crippen LogP contribution in [0.25, 0.3) is 0 Å². The molecule has 0 aromatic carbocycles. The summed E-state index contributed by atoms with van der Waals surface area (Å²) in [6, 6.07) is 0. The van der Waals surface area contributed by atoms with Gasteiger partial charge in [0.05, 0.1) is 5.60 Å². The van der Waals surface area contributed by atoms with Crippen LogP contribution in [-0.2, 0) is 0 Å². The van der Waals surface area contributed by atoms with Gasteiger partial charge in [-0.2, -0.15) is 0 Å². The molecule has 1 fully saturated rings. The van der Waals surface area contributed by atoms with Crippen LogP contribution in [0, 0.1) is 0 Å². The highest BCUT2D eigenvalue weighted by Gasteiger charge is 2.27. The van der Waals surface area contributed by atoms with Crippen LogP contribution in [0.5, 0.6) is 0 Å². The minimum Gasteiger partial charge on any atom is -0.390 e. The third-order valence-electron chi connectivity index (χ3n) is 3.53. The van der Waals surface area contributed by atoms with Crippen LogP contribution >= 0.6 is 0 Å². The van der Waals surface area contributed by atoms with Crippen LogP contribution in [-0.4, -0.2) is 10.7 Å². The molecule has 0 atom stereocenters. The van der Waals surface area contributed by atoms with Crippen molar-refractivity contribution >= 4 is 0 Å². The molecule has 1 saturated carbocycles. The monoisotopic (exact) mass is 198 g/mol. The van der Waals surface area contributed by atoms with Gasteiger partial charge >= 0.3 is 0 Å². The second-order valence-corrected chi connectivity index (χ2v) is 4.95. The van der Waals surface area contributed by atoms with Crippen molar-refractivity contribution in [1.82, 2.24) is 0 Å². The smallest absolute Gasteiger partial charge is 0.0647 e. The van der Waals surface area contributed by atoms with E-state index in [1.54, 1.807) is 0 Å². The standard InChI is InChI=1S/C13H26O/c1-2-3-4-5-7-10-13(14)11-8-6-9-12-13/h14H,2-12H2,1H3. The van der Waals surface area contributed by atoms with Crippen LogP contribution in [0.15, 0.2) is 0 Å². The van der Waals surface area contributed by atoms with E-state index in [1.807, 2.05) is 0 Å². The van der Waals surface area contributed by atoms with Gasteiger partial charge in [-0.05, 0) is 19.3 Å². The third-order valence-corrected chi connectivity index (χ3v) is 3.53. The molecule has 1 rings (SSSR count). The Hall–Kier alpha value is -0.0400. The van der Waals surface area contributed by atoms with Gasteiger partial charge in [0, 0.05) is 0 Å². The molecule has 14 heavy (non-hydrogen) atoms. The van der Waals surface area contributed by atoms with Gasteiger partial charge in [0.15, 0.2) is 0 Å². The Kier molecular flexibility index (Phi) is 5.54. The predicted molar refractivity (Wildman–Crippen MR) is 61.4 cm³/mol. The minimum absolute atomic E-state index is 0.273. The molecule has 0 radical (unpaired) electrons. The van der Waals surface area contributed by atoms with Crippen LogP contribution in [0.1, 0.15) is 77.6 Å². The van der Waals surface area contributed by atoms with Crippen LogP contribution in [0.4, 0.5) is 0 Å². The maximum atomic E-state index is 10.2. The van der Waals surface area contributed by atoms with Gasteiger partial charge in [0.1, 0.15) is 0 Å². The maximum Gasteiger partial charge on any atom is 0.0647 e. The molecule has 1 N–H and O–H groups in total. The molecule has 1 nitrogen and oxygen atoms in total. The Morgan fingerprint density at radius 3 is 2.21 bits per heavy atom. The molecule has 1 aliphatic rings. The van der Waals surface area contributed by atoms with E-state index >= 15 is 0 Å². The summed E-state index contributed by atoms with van der Waals surface area (Å²) in [6.45, 7) is 2.24. The summed E-state index contributed by atoms with van der Waals surface area (Å²) >= 11 is 0. The van der Waals surface area contributed by atoms with E-state index in [0.717, 1.165) is 19.3 Å². The Balaban J connectivity index is 2.03. The van der Waals surface area contributed by atoms with Gasteiger partial charge in [-0.25, -0.2) is 0 Å². The molecule has 0 aliphatic heterocycles. The van der Waals surface area contributed by atoms with E-state index in [9.17, 15) is 5.11 Å². The van der Waals surface area contributed by atoms with Crippen LogP contribution < -0.4 is 0 Å². The first-order valence-electron chi connectivity index (χ1n) is 6.49. The van der Waals surface area contributed by atoms with Crippen molar-refractivity contribution in [3.05, 3.63) is 0 Å². The zero-order valence-electron chi connectivity index (χ0n) is 9.73. The first-order valence-corrected chi connectivity index (χ1v) is 6.49. The lowest BCUT2D eigenvalue weighted by molar-refractivity contribution is -0.00587. The fourth-order valence-corrected chi connectivity index (χ4v) is 2.52. The van der Waals surface area contributed by atoms with Crippen molar-refractivity contribution in [3.8, 4) is 0 Å². The summed E-state index contributed by atoms with van der Waals surface area (Å²) in [7, 11) is 0. The number of hydrogen-bond donors (Lipinski definition) is 1. The zero-order chi connectivity index (χ0) is 10.3. The van der Waals surface area contributed by atoms with Gasteiger partial charge in [0.2, 0.25) is 0 Å².